The van der Waals surface area contributed by atoms with E-state index in [1.807, 2.05) is 43.3 Å². The summed E-state index contributed by atoms with van der Waals surface area (Å²) in [4.78, 5) is 30.3. The first-order valence-electron chi connectivity index (χ1n) is 9.29. The van der Waals surface area contributed by atoms with Crippen molar-refractivity contribution in [3.05, 3.63) is 86.8 Å². The molecule has 0 radical (unpaired) electrons. The summed E-state index contributed by atoms with van der Waals surface area (Å²) in [6.45, 7) is 3.53. The molecule has 0 aliphatic rings. The molecular formula is C21H20N6O2S. The fraction of sp³-hybridized carbons (Fsp3) is 0.143. The second-order valence-electron chi connectivity index (χ2n) is 6.82. The first-order valence-corrected chi connectivity index (χ1v) is 9.69. The lowest BCUT2D eigenvalue weighted by molar-refractivity contribution is 0.630. The number of nitrogens with zero attached hydrogens (tertiary/aromatic N) is 4. The van der Waals surface area contributed by atoms with Gasteiger partial charge in [0.25, 0.3) is 11.1 Å². The predicted octanol–water partition coefficient (Wildman–Crippen LogP) is 2.44. The van der Waals surface area contributed by atoms with Gasteiger partial charge in [0.05, 0.1) is 22.3 Å². The van der Waals surface area contributed by atoms with Crippen LogP contribution < -0.4 is 21.9 Å². The zero-order valence-electron chi connectivity index (χ0n) is 16.7. The molecule has 30 heavy (non-hydrogen) atoms. The standard InChI is InChI=1S/C21H20N6O2S/c1-13-18(20(29)27(25(13)3)15-9-5-4-6-10-15)23-21(30)24-26-14(2)22-17-12-8-7-11-16(17)19(26)28/h4-12H,1-3H3,(H2,23,24,30). The minimum atomic E-state index is -0.270. The lowest BCUT2D eigenvalue weighted by atomic mass is 10.2. The minimum Gasteiger partial charge on any atom is -0.325 e. The van der Waals surface area contributed by atoms with Gasteiger partial charge in [0.15, 0.2) is 5.11 Å². The maximum absolute atomic E-state index is 13.0. The summed E-state index contributed by atoms with van der Waals surface area (Å²) < 4.78 is 4.57. The quantitative estimate of drug-likeness (QED) is 0.495. The molecule has 4 rings (SSSR count). The lowest BCUT2D eigenvalue weighted by Gasteiger charge is -2.14. The number of para-hydroxylation sites is 2. The van der Waals surface area contributed by atoms with E-state index in [-0.39, 0.29) is 16.2 Å². The second-order valence-corrected chi connectivity index (χ2v) is 7.23. The van der Waals surface area contributed by atoms with Crippen LogP contribution in [-0.2, 0) is 7.05 Å². The predicted molar refractivity (Wildman–Crippen MR) is 122 cm³/mol. The van der Waals surface area contributed by atoms with E-state index in [0.29, 0.717) is 28.1 Å². The van der Waals surface area contributed by atoms with Gasteiger partial charge >= 0.3 is 0 Å². The van der Waals surface area contributed by atoms with Crippen molar-refractivity contribution in [2.24, 2.45) is 7.05 Å². The molecule has 0 spiro atoms. The number of anilines is 1. The number of nitrogens with one attached hydrogen (secondary N) is 2. The molecule has 2 aromatic heterocycles. The van der Waals surface area contributed by atoms with E-state index < -0.39 is 0 Å². The van der Waals surface area contributed by atoms with Crippen molar-refractivity contribution in [2.45, 2.75) is 13.8 Å². The van der Waals surface area contributed by atoms with Crippen LogP contribution in [0.4, 0.5) is 5.69 Å². The van der Waals surface area contributed by atoms with E-state index in [1.165, 1.54) is 4.68 Å². The van der Waals surface area contributed by atoms with Crippen LogP contribution in [0.5, 0.6) is 0 Å². The van der Waals surface area contributed by atoms with Crippen LogP contribution in [0.1, 0.15) is 11.5 Å². The van der Waals surface area contributed by atoms with Crippen LogP contribution in [-0.4, -0.2) is 24.1 Å². The van der Waals surface area contributed by atoms with Crippen LogP contribution in [0.2, 0.25) is 0 Å². The van der Waals surface area contributed by atoms with Gasteiger partial charge in [-0.1, -0.05) is 30.3 Å². The molecule has 0 saturated heterocycles. The summed E-state index contributed by atoms with van der Waals surface area (Å²) in [5, 5.41) is 3.53. The number of benzene rings is 2. The molecule has 152 valence electrons. The molecule has 4 aromatic rings. The number of hydrogen-bond donors (Lipinski definition) is 2. The molecule has 0 atom stereocenters. The van der Waals surface area contributed by atoms with Gasteiger partial charge in [0.2, 0.25) is 0 Å². The molecule has 2 N–H and O–H groups in total. The average molecular weight is 420 g/mol. The molecule has 0 fully saturated rings. The van der Waals surface area contributed by atoms with Gasteiger partial charge in [-0.15, -0.1) is 0 Å². The molecule has 0 amide bonds. The Morgan fingerprint density at radius 3 is 2.37 bits per heavy atom. The topological polar surface area (TPSA) is 85.9 Å². The van der Waals surface area contributed by atoms with Gasteiger partial charge in [-0.05, 0) is 50.3 Å². The largest absolute Gasteiger partial charge is 0.325 e. The first kappa shape index (κ1) is 19.6. The Morgan fingerprint density at radius 2 is 1.63 bits per heavy atom. The number of hydrogen-bond acceptors (Lipinski definition) is 4. The van der Waals surface area contributed by atoms with Crippen molar-refractivity contribution in [1.29, 1.82) is 0 Å². The Hall–Kier alpha value is -3.72. The van der Waals surface area contributed by atoms with Gasteiger partial charge in [-0.2, -0.15) is 0 Å². The molecule has 8 nitrogen and oxygen atoms in total. The van der Waals surface area contributed by atoms with Crippen molar-refractivity contribution >= 4 is 33.9 Å². The molecule has 0 bridgehead atoms. The van der Waals surface area contributed by atoms with Gasteiger partial charge < -0.3 is 5.32 Å². The summed E-state index contributed by atoms with van der Waals surface area (Å²) in [7, 11) is 1.80. The van der Waals surface area contributed by atoms with Gasteiger partial charge in [0.1, 0.15) is 11.5 Å². The highest BCUT2D eigenvalue weighted by Gasteiger charge is 2.17. The lowest BCUT2D eigenvalue weighted by Crippen LogP contribution is -2.38. The van der Waals surface area contributed by atoms with Crippen molar-refractivity contribution < 1.29 is 0 Å². The van der Waals surface area contributed by atoms with Crippen LogP contribution >= 0.6 is 12.2 Å². The Labute approximate surface area is 177 Å². The Morgan fingerprint density at radius 1 is 0.967 bits per heavy atom. The van der Waals surface area contributed by atoms with Crippen LogP contribution in [0.3, 0.4) is 0 Å². The minimum absolute atomic E-state index is 0.114. The number of aryl methyl sites for hydroxylation is 1. The fourth-order valence-corrected chi connectivity index (χ4v) is 3.52. The van der Waals surface area contributed by atoms with E-state index in [9.17, 15) is 9.59 Å². The Balaban J connectivity index is 1.67. The molecule has 0 aliphatic carbocycles. The highest BCUT2D eigenvalue weighted by Crippen LogP contribution is 2.14. The van der Waals surface area contributed by atoms with Crippen molar-refractivity contribution in [3.63, 3.8) is 0 Å². The third-order valence-electron chi connectivity index (χ3n) is 4.95. The van der Waals surface area contributed by atoms with E-state index in [1.54, 1.807) is 41.5 Å². The van der Waals surface area contributed by atoms with Crippen molar-refractivity contribution in [3.8, 4) is 5.69 Å². The van der Waals surface area contributed by atoms with E-state index >= 15 is 0 Å². The maximum atomic E-state index is 13.0. The van der Waals surface area contributed by atoms with E-state index in [2.05, 4.69) is 15.7 Å². The van der Waals surface area contributed by atoms with E-state index in [4.69, 9.17) is 12.2 Å². The van der Waals surface area contributed by atoms with Gasteiger partial charge in [-0.3, -0.25) is 19.7 Å². The summed E-state index contributed by atoms with van der Waals surface area (Å²) in [5.41, 5.74) is 4.72. The average Bonchev–Trinajstić information content (AvgIpc) is 2.95. The third-order valence-corrected chi connectivity index (χ3v) is 5.14. The van der Waals surface area contributed by atoms with Crippen LogP contribution in [0, 0.1) is 13.8 Å². The normalized spacial score (nSPS) is 10.9. The smallest absolute Gasteiger partial charge is 0.295 e. The Kier molecular flexibility index (Phi) is 4.96. The summed E-state index contributed by atoms with van der Waals surface area (Å²) in [5.74, 6) is 0.453. The highest BCUT2D eigenvalue weighted by molar-refractivity contribution is 7.80. The summed E-state index contributed by atoms with van der Waals surface area (Å²) in [6.07, 6.45) is 0. The molecule has 0 saturated carbocycles. The molecule has 0 unspecified atom stereocenters. The number of fused-ring (bicyclic) bond motifs is 1. The molecular weight excluding hydrogens is 400 g/mol. The molecule has 2 aromatic carbocycles. The SMILES string of the molecule is Cc1nc2ccccc2c(=O)n1NC(=S)Nc1c(C)n(C)n(-c2ccccc2)c1=O. The molecule has 0 aliphatic heterocycles. The molecule has 9 heteroatoms. The molecule has 2 heterocycles. The Bertz CT molecular complexity index is 1380. The van der Waals surface area contributed by atoms with Crippen molar-refractivity contribution in [1.82, 2.24) is 19.0 Å². The van der Waals surface area contributed by atoms with Crippen LogP contribution in [0.25, 0.3) is 16.6 Å². The zero-order valence-corrected chi connectivity index (χ0v) is 17.5. The number of aromatic nitrogens is 4. The van der Waals surface area contributed by atoms with E-state index in [0.717, 1.165) is 5.69 Å². The number of thiocarbonyl (C=S) groups is 1. The zero-order chi connectivity index (χ0) is 21.4. The highest BCUT2D eigenvalue weighted by atomic mass is 32.1. The van der Waals surface area contributed by atoms with Gasteiger partial charge in [0, 0.05) is 7.05 Å². The van der Waals surface area contributed by atoms with Crippen molar-refractivity contribution in [2.75, 3.05) is 10.7 Å². The summed E-state index contributed by atoms with van der Waals surface area (Å²) in [6, 6.07) is 16.4. The van der Waals surface area contributed by atoms with Gasteiger partial charge in [-0.25, -0.2) is 14.3 Å². The first-order chi connectivity index (χ1) is 14.4. The third kappa shape index (κ3) is 3.29. The maximum Gasteiger partial charge on any atom is 0.295 e. The fourth-order valence-electron chi connectivity index (χ4n) is 3.33. The monoisotopic (exact) mass is 420 g/mol. The number of rotatable bonds is 3. The summed E-state index contributed by atoms with van der Waals surface area (Å²) >= 11 is 5.38. The second kappa shape index (κ2) is 7.60. The van der Waals surface area contributed by atoms with Crippen LogP contribution in [0.15, 0.2) is 64.2 Å².